The van der Waals surface area contributed by atoms with Crippen LogP contribution in [0.25, 0.3) is 0 Å². The Balaban J connectivity index is 2.20. The van der Waals surface area contributed by atoms with Gasteiger partial charge in [-0.3, -0.25) is 0 Å². The number of nitrogens with zero attached hydrogens (tertiary/aromatic N) is 3. The summed E-state index contributed by atoms with van der Waals surface area (Å²) in [6, 6.07) is 9.23. The number of aromatic nitrogens is 1. The summed E-state index contributed by atoms with van der Waals surface area (Å²) in [4.78, 5) is 4.42. The molecule has 19 heavy (non-hydrogen) atoms. The fourth-order valence-electron chi connectivity index (χ4n) is 1.73. The Morgan fingerprint density at radius 1 is 1.26 bits per heavy atom. The lowest BCUT2D eigenvalue weighted by Crippen LogP contribution is -2.07. The van der Waals surface area contributed by atoms with Crippen LogP contribution in [0.2, 0.25) is 0 Å². The summed E-state index contributed by atoms with van der Waals surface area (Å²) in [5.41, 5.74) is 2.57. The zero-order valence-electron chi connectivity index (χ0n) is 10.6. The van der Waals surface area contributed by atoms with E-state index in [1.54, 1.807) is 29.5 Å². The van der Waals surface area contributed by atoms with E-state index in [2.05, 4.69) is 10.3 Å². The van der Waals surface area contributed by atoms with E-state index in [0.29, 0.717) is 11.1 Å². The van der Waals surface area contributed by atoms with Gasteiger partial charge in [0.15, 0.2) is 0 Å². The molecule has 0 saturated heterocycles. The quantitative estimate of drug-likeness (QED) is 0.926. The van der Waals surface area contributed by atoms with Crippen molar-refractivity contribution in [3.63, 3.8) is 0 Å². The van der Waals surface area contributed by atoms with Crippen molar-refractivity contribution in [3.05, 3.63) is 45.4 Å². The number of hydrogen-bond donors (Lipinski definition) is 1. The monoisotopic (exact) mass is 268 g/mol. The van der Waals surface area contributed by atoms with Crippen molar-refractivity contribution in [3.8, 4) is 12.1 Å². The number of rotatable bonds is 3. The van der Waals surface area contributed by atoms with E-state index in [-0.39, 0.29) is 6.04 Å². The van der Waals surface area contributed by atoms with E-state index >= 15 is 0 Å². The maximum absolute atomic E-state index is 8.99. The normalized spacial score (nSPS) is 11.4. The van der Waals surface area contributed by atoms with Crippen LogP contribution in [0, 0.1) is 29.6 Å². The average Bonchev–Trinajstić information content (AvgIpc) is 2.85. The van der Waals surface area contributed by atoms with Crippen LogP contribution in [0.3, 0.4) is 0 Å². The summed E-state index contributed by atoms with van der Waals surface area (Å²) < 4.78 is 0. The van der Waals surface area contributed by atoms with E-state index in [1.165, 1.54) is 0 Å². The first-order valence-corrected chi connectivity index (χ1v) is 6.65. The predicted octanol–water partition coefficient (Wildman–Crippen LogP) is 3.37. The van der Waals surface area contributed by atoms with Gasteiger partial charge in [-0.15, -0.1) is 11.3 Å². The summed E-state index contributed by atoms with van der Waals surface area (Å²) in [5, 5.41) is 24.2. The molecule has 0 aliphatic carbocycles. The van der Waals surface area contributed by atoms with Crippen LogP contribution >= 0.6 is 11.3 Å². The molecule has 0 amide bonds. The number of thiazole rings is 1. The maximum atomic E-state index is 8.99. The molecule has 1 aromatic heterocycles. The molecule has 1 heterocycles. The molecule has 0 aliphatic rings. The minimum absolute atomic E-state index is 0.0597. The minimum atomic E-state index is 0.0597. The molecule has 2 aromatic rings. The largest absolute Gasteiger partial charge is 0.377 e. The molecule has 0 bridgehead atoms. The van der Waals surface area contributed by atoms with Crippen molar-refractivity contribution >= 4 is 17.0 Å². The highest BCUT2D eigenvalue weighted by Gasteiger charge is 2.10. The van der Waals surface area contributed by atoms with Crippen molar-refractivity contribution < 1.29 is 0 Å². The number of nitriles is 2. The molecule has 4 nitrogen and oxygen atoms in total. The Bertz CT molecular complexity index is 675. The molecule has 5 heteroatoms. The van der Waals surface area contributed by atoms with Crippen molar-refractivity contribution in [2.45, 2.75) is 19.9 Å². The molecule has 2 rings (SSSR count). The molecule has 1 aromatic carbocycles. The third-order valence-electron chi connectivity index (χ3n) is 2.72. The summed E-state index contributed by atoms with van der Waals surface area (Å²) in [6.07, 6.45) is 0. The van der Waals surface area contributed by atoms with Gasteiger partial charge >= 0.3 is 0 Å². The van der Waals surface area contributed by atoms with Gasteiger partial charge in [-0.05, 0) is 32.0 Å². The Morgan fingerprint density at radius 3 is 2.58 bits per heavy atom. The van der Waals surface area contributed by atoms with Crippen LogP contribution in [-0.2, 0) is 0 Å². The first-order valence-electron chi connectivity index (χ1n) is 5.77. The number of benzene rings is 1. The van der Waals surface area contributed by atoms with Gasteiger partial charge in [-0.25, -0.2) is 4.98 Å². The molecule has 1 atom stereocenters. The standard InChI is InChI=1S/C14H12N4S/c1-9(14-8-19-10(2)18-14)17-13-4-3-11(6-15)12(5-13)7-16/h3-5,8-9,17H,1-2H3. The number of anilines is 1. The van der Waals surface area contributed by atoms with E-state index in [9.17, 15) is 0 Å². The van der Waals surface area contributed by atoms with E-state index < -0.39 is 0 Å². The zero-order valence-corrected chi connectivity index (χ0v) is 11.5. The second-order valence-electron chi connectivity index (χ2n) is 4.14. The molecule has 0 saturated carbocycles. The van der Waals surface area contributed by atoms with Crippen LogP contribution in [-0.4, -0.2) is 4.98 Å². The first kappa shape index (κ1) is 13.1. The van der Waals surface area contributed by atoms with Crippen molar-refractivity contribution in [1.82, 2.24) is 4.98 Å². The number of aryl methyl sites for hydroxylation is 1. The first-order chi connectivity index (χ1) is 9.13. The molecule has 0 radical (unpaired) electrons. The zero-order chi connectivity index (χ0) is 13.8. The molecule has 1 unspecified atom stereocenters. The minimum Gasteiger partial charge on any atom is -0.377 e. The van der Waals surface area contributed by atoms with Crippen molar-refractivity contribution in [2.75, 3.05) is 5.32 Å². The van der Waals surface area contributed by atoms with Crippen molar-refractivity contribution in [1.29, 1.82) is 10.5 Å². The summed E-state index contributed by atoms with van der Waals surface area (Å²) in [6.45, 7) is 3.98. The molecule has 94 valence electrons. The molecule has 0 fully saturated rings. The maximum Gasteiger partial charge on any atom is 0.101 e. The van der Waals surface area contributed by atoms with Gasteiger partial charge in [-0.2, -0.15) is 10.5 Å². The van der Waals surface area contributed by atoms with Gasteiger partial charge in [0.25, 0.3) is 0 Å². The Morgan fingerprint density at radius 2 is 2.00 bits per heavy atom. The van der Waals surface area contributed by atoms with Crippen LogP contribution < -0.4 is 5.32 Å². The summed E-state index contributed by atoms with van der Waals surface area (Å²) in [5.74, 6) is 0. The van der Waals surface area contributed by atoms with Gasteiger partial charge in [0.2, 0.25) is 0 Å². The molecule has 0 aliphatic heterocycles. The SMILES string of the molecule is Cc1nc(C(C)Nc2ccc(C#N)c(C#N)c2)cs1. The second kappa shape index (κ2) is 5.51. The van der Waals surface area contributed by atoms with Gasteiger partial charge in [0.1, 0.15) is 12.1 Å². The molecular weight excluding hydrogens is 256 g/mol. The van der Waals surface area contributed by atoms with Crippen LogP contribution in [0.1, 0.15) is 34.8 Å². The number of nitrogens with one attached hydrogen (secondary N) is 1. The van der Waals surface area contributed by atoms with Crippen LogP contribution in [0.15, 0.2) is 23.6 Å². The van der Waals surface area contributed by atoms with E-state index in [4.69, 9.17) is 10.5 Å². The highest BCUT2D eigenvalue weighted by atomic mass is 32.1. The fourth-order valence-corrected chi connectivity index (χ4v) is 2.43. The highest BCUT2D eigenvalue weighted by Crippen LogP contribution is 2.22. The fraction of sp³-hybridized carbons (Fsp3) is 0.214. The number of hydrogen-bond acceptors (Lipinski definition) is 5. The topological polar surface area (TPSA) is 72.5 Å². The highest BCUT2D eigenvalue weighted by molar-refractivity contribution is 7.09. The Hall–Kier alpha value is -2.37. The van der Waals surface area contributed by atoms with Gasteiger partial charge < -0.3 is 5.32 Å². The van der Waals surface area contributed by atoms with Gasteiger partial charge in [0, 0.05) is 11.1 Å². The summed E-state index contributed by atoms with van der Waals surface area (Å²) >= 11 is 1.61. The molecule has 0 spiro atoms. The van der Waals surface area contributed by atoms with Gasteiger partial charge in [0.05, 0.1) is 27.9 Å². The molecular formula is C14H12N4S. The summed E-state index contributed by atoms with van der Waals surface area (Å²) in [7, 11) is 0. The lowest BCUT2D eigenvalue weighted by atomic mass is 10.1. The van der Waals surface area contributed by atoms with E-state index in [1.807, 2.05) is 31.4 Å². The third-order valence-corrected chi connectivity index (χ3v) is 3.52. The van der Waals surface area contributed by atoms with E-state index in [0.717, 1.165) is 16.4 Å². The second-order valence-corrected chi connectivity index (χ2v) is 5.20. The smallest absolute Gasteiger partial charge is 0.101 e. The van der Waals surface area contributed by atoms with Crippen LogP contribution in [0.5, 0.6) is 0 Å². The predicted molar refractivity (Wildman–Crippen MR) is 74.8 cm³/mol. The van der Waals surface area contributed by atoms with Crippen LogP contribution in [0.4, 0.5) is 5.69 Å². The Kier molecular flexibility index (Phi) is 3.79. The average molecular weight is 268 g/mol. The van der Waals surface area contributed by atoms with Gasteiger partial charge in [-0.1, -0.05) is 0 Å². The lowest BCUT2D eigenvalue weighted by Gasteiger charge is -2.13. The lowest BCUT2D eigenvalue weighted by molar-refractivity contribution is 0.845. The molecule has 1 N–H and O–H groups in total. The Labute approximate surface area is 116 Å². The van der Waals surface area contributed by atoms with Crippen molar-refractivity contribution in [2.24, 2.45) is 0 Å². The third kappa shape index (κ3) is 2.90.